The van der Waals surface area contributed by atoms with Gasteiger partial charge in [-0.3, -0.25) is 0 Å². The van der Waals surface area contributed by atoms with Crippen LogP contribution >= 0.6 is 0 Å². The molecule has 2 aromatic rings. The van der Waals surface area contributed by atoms with Gasteiger partial charge in [0.25, 0.3) is 0 Å². The van der Waals surface area contributed by atoms with Gasteiger partial charge in [0, 0.05) is 17.6 Å². The Kier molecular flexibility index (Phi) is 3.28. The molecule has 0 radical (unpaired) electrons. The van der Waals surface area contributed by atoms with Gasteiger partial charge in [0.1, 0.15) is 11.6 Å². The van der Waals surface area contributed by atoms with E-state index in [-0.39, 0.29) is 5.75 Å². The van der Waals surface area contributed by atoms with Crippen LogP contribution in [0.15, 0.2) is 30.5 Å². The average Bonchev–Trinajstić information content (AvgIpc) is 2.41. The summed E-state index contributed by atoms with van der Waals surface area (Å²) in [4.78, 5) is 4.49. The molecule has 1 heterocycles. The molecule has 1 aromatic carbocycles. The van der Waals surface area contributed by atoms with Gasteiger partial charge in [-0.15, -0.1) is 0 Å². The van der Waals surface area contributed by atoms with Crippen LogP contribution in [-0.4, -0.2) is 16.1 Å². The molecular weight excluding hydrogens is 248 g/mol. The molecule has 106 valence electrons. The molecule has 20 heavy (non-hydrogen) atoms. The Balaban J connectivity index is 1.96. The summed E-state index contributed by atoms with van der Waals surface area (Å²) in [6, 6.07) is 7.86. The first-order valence-electron chi connectivity index (χ1n) is 7.40. The third kappa shape index (κ3) is 2.45. The number of fused-ring (bicyclic) bond motifs is 1. The second-order valence-electron chi connectivity index (χ2n) is 6.50. The second kappa shape index (κ2) is 4.97. The Morgan fingerprint density at radius 2 is 2.10 bits per heavy atom. The standard InChI is InChI=1S/C17H22N2O/c1-17(2)9-4-3-5-15(17)19-16-14-11-13(20)7-6-12(14)8-10-18-16/h6-8,10-11,15,20H,3-5,9H2,1-2H3,(H,18,19). The third-order valence-corrected chi connectivity index (χ3v) is 4.57. The summed E-state index contributed by atoms with van der Waals surface area (Å²) in [5.41, 5.74) is 0.291. The minimum absolute atomic E-state index is 0.288. The molecule has 3 heteroatoms. The van der Waals surface area contributed by atoms with Crippen molar-refractivity contribution in [3.05, 3.63) is 30.5 Å². The van der Waals surface area contributed by atoms with Crippen molar-refractivity contribution < 1.29 is 5.11 Å². The van der Waals surface area contributed by atoms with Gasteiger partial charge in [0.05, 0.1) is 0 Å². The minimum Gasteiger partial charge on any atom is -0.508 e. The monoisotopic (exact) mass is 270 g/mol. The van der Waals surface area contributed by atoms with E-state index in [4.69, 9.17) is 0 Å². The van der Waals surface area contributed by atoms with Gasteiger partial charge in [-0.25, -0.2) is 4.98 Å². The van der Waals surface area contributed by atoms with Crippen LogP contribution in [0, 0.1) is 5.41 Å². The van der Waals surface area contributed by atoms with E-state index in [1.165, 1.54) is 25.7 Å². The Bertz CT molecular complexity index is 621. The van der Waals surface area contributed by atoms with Crippen molar-refractivity contribution in [3.8, 4) is 5.75 Å². The molecular formula is C17H22N2O. The molecule has 1 atom stereocenters. The van der Waals surface area contributed by atoms with Crippen molar-refractivity contribution in [1.82, 2.24) is 4.98 Å². The van der Waals surface area contributed by atoms with Crippen LogP contribution in [0.4, 0.5) is 5.82 Å². The third-order valence-electron chi connectivity index (χ3n) is 4.57. The molecule has 0 aliphatic heterocycles. The van der Waals surface area contributed by atoms with Crippen LogP contribution in [0.2, 0.25) is 0 Å². The zero-order valence-electron chi connectivity index (χ0n) is 12.2. The Morgan fingerprint density at radius 3 is 2.90 bits per heavy atom. The van der Waals surface area contributed by atoms with Gasteiger partial charge < -0.3 is 10.4 Å². The predicted molar refractivity (Wildman–Crippen MR) is 83.1 cm³/mol. The normalized spacial score (nSPS) is 21.8. The number of rotatable bonds is 2. The zero-order chi connectivity index (χ0) is 14.2. The maximum Gasteiger partial charge on any atom is 0.134 e. The Labute approximate surface area is 120 Å². The SMILES string of the molecule is CC1(C)CCCCC1Nc1nccc2ccc(O)cc12. The van der Waals surface area contributed by atoms with Crippen LogP contribution in [0.5, 0.6) is 5.75 Å². The van der Waals surface area contributed by atoms with E-state index in [1.807, 2.05) is 18.3 Å². The lowest BCUT2D eigenvalue weighted by atomic mass is 9.73. The van der Waals surface area contributed by atoms with Crippen LogP contribution in [0.1, 0.15) is 39.5 Å². The second-order valence-corrected chi connectivity index (χ2v) is 6.50. The summed E-state index contributed by atoms with van der Waals surface area (Å²) in [6.45, 7) is 4.65. The average molecular weight is 270 g/mol. The number of aromatic hydroxyl groups is 1. The van der Waals surface area contributed by atoms with Crippen molar-refractivity contribution >= 4 is 16.6 Å². The van der Waals surface area contributed by atoms with E-state index in [2.05, 4.69) is 24.1 Å². The van der Waals surface area contributed by atoms with E-state index in [0.29, 0.717) is 11.5 Å². The number of phenolic OH excluding ortho intramolecular Hbond substituents is 1. The van der Waals surface area contributed by atoms with Crippen LogP contribution < -0.4 is 5.32 Å². The number of hydrogen-bond donors (Lipinski definition) is 2. The number of pyridine rings is 1. The molecule has 1 saturated carbocycles. The fourth-order valence-corrected chi connectivity index (χ4v) is 3.20. The van der Waals surface area contributed by atoms with Gasteiger partial charge >= 0.3 is 0 Å². The predicted octanol–water partition coefficient (Wildman–Crippen LogP) is 4.32. The molecule has 1 aromatic heterocycles. The number of hydrogen-bond acceptors (Lipinski definition) is 3. The number of benzene rings is 1. The number of aromatic nitrogens is 1. The molecule has 1 unspecified atom stereocenters. The van der Waals surface area contributed by atoms with Gasteiger partial charge in [0.2, 0.25) is 0 Å². The molecule has 1 fully saturated rings. The first-order chi connectivity index (χ1) is 9.56. The molecule has 0 amide bonds. The molecule has 3 nitrogen and oxygen atoms in total. The Morgan fingerprint density at radius 1 is 1.25 bits per heavy atom. The molecule has 0 bridgehead atoms. The lowest BCUT2D eigenvalue weighted by Gasteiger charge is -2.39. The van der Waals surface area contributed by atoms with Gasteiger partial charge in [0.15, 0.2) is 0 Å². The Hall–Kier alpha value is -1.77. The summed E-state index contributed by atoms with van der Waals surface area (Å²) in [5.74, 6) is 1.18. The number of nitrogens with one attached hydrogen (secondary N) is 1. The highest BCUT2D eigenvalue weighted by Crippen LogP contribution is 2.38. The number of anilines is 1. The van der Waals surface area contributed by atoms with Crippen molar-refractivity contribution in [2.45, 2.75) is 45.6 Å². The van der Waals surface area contributed by atoms with E-state index in [0.717, 1.165) is 16.6 Å². The zero-order valence-corrected chi connectivity index (χ0v) is 12.2. The fraction of sp³-hybridized carbons (Fsp3) is 0.471. The molecule has 1 aliphatic carbocycles. The van der Waals surface area contributed by atoms with E-state index >= 15 is 0 Å². The number of phenols is 1. The van der Waals surface area contributed by atoms with E-state index < -0.39 is 0 Å². The minimum atomic E-state index is 0.288. The van der Waals surface area contributed by atoms with Crippen LogP contribution in [0.3, 0.4) is 0 Å². The maximum atomic E-state index is 9.71. The topological polar surface area (TPSA) is 45.2 Å². The largest absolute Gasteiger partial charge is 0.508 e. The smallest absolute Gasteiger partial charge is 0.134 e. The van der Waals surface area contributed by atoms with Crippen molar-refractivity contribution in [3.63, 3.8) is 0 Å². The highest BCUT2D eigenvalue weighted by atomic mass is 16.3. The molecule has 2 N–H and O–H groups in total. The lowest BCUT2D eigenvalue weighted by Crippen LogP contribution is -2.39. The summed E-state index contributed by atoms with van der Waals surface area (Å²) >= 11 is 0. The van der Waals surface area contributed by atoms with Crippen molar-refractivity contribution in [2.75, 3.05) is 5.32 Å². The van der Waals surface area contributed by atoms with Gasteiger partial charge in [-0.1, -0.05) is 32.8 Å². The number of nitrogens with zero attached hydrogens (tertiary/aromatic N) is 1. The maximum absolute atomic E-state index is 9.71. The van der Waals surface area contributed by atoms with Gasteiger partial charge in [-0.05, 0) is 41.8 Å². The quantitative estimate of drug-likeness (QED) is 0.854. The summed E-state index contributed by atoms with van der Waals surface area (Å²) in [6.07, 6.45) is 6.86. The fourth-order valence-electron chi connectivity index (χ4n) is 3.20. The van der Waals surface area contributed by atoms with Crippen LogP contribution in [-0.2, 0) is 0 Å². The first-order valence-corrected chi connectivity index (χ1v) is 7.40. The highest BCUT2D eigenvalue weighted by Gasteiger charge is 2.32. The first kappa shape index (κ1) is 13.2. The highest BCUT2D eigenvalue weighted by molar-refractivity contribution is 5.92. The summed E-state index contributed by atoms with van der Waals surface area (Å²) < 4.78 is 0. The van der Waals surface area contributed by atoms with Crippen molar-refractivity contribution in [2.24, 2.45) is 5.41 Å². The molecule has 0 spiro atoms. The van der Waals surface area contributed by atoms with Crippen molar-refractivity contribution in [1.29, 1.82) is 0 Å². The molecule has 1 aliphatic rings. The van der Waals surface area contributed by atoms with Crippen LogP contribution in [0.25, 0.3) is 10.8 Å². The van der Waals surface area contributed by atoms with E-state index in [9.17, 15) is 5.11 Å². The molecule has 3 rings (SSSR count). The molecule has 0 saturated heterocycles. The lowest BCUT2D eigenvalue weighted by molar-refractivity contribution is 0.217. The van der Waals surface area contributed by atoms with E-state index in [1.54, 1.807) is 12.1 Å². The van der Waals surface area contributed by atoms with Gasteiger partial charge in [-0.2, -0.15) is 0 Å². The summed E-state index contributed by atoms with van der Waals surface area (Å²) in [5, 5.41) is 15.4. The summed E-state index contributed by atoms with van der Waals surface area (Å²) in [7, 11) is 0.